The lowest BCUT2D eigenvalue weighted by atomic mass is 10.1. The summed E-state index contributed by atoms with van der Waals surface area (Å²) in [4.78, 5) is 0. The van der Waals surface area contributed by atoms with Crippen molar-refractivity contribution in [2.24, 2.45) is 17.8 Å². The van der Waals surface area contributed by atoms with Crippen LogP contribution in [0.5, 0.6) is 0 Å². The van der Waals surface area contributed by atoms with Gasteiger partial charge in [0, 0.05) is 1.37 Å². The van der Waals surface area contributed by atoms with E-state index < -0.39 is 0 Å². The van der Waals surface area contributed by atoms with Crippen molar-refractivity contribution in [2.75, 3.05) is 0 Å². The molecule has 4 unspecified atom stereocenters. The van der Waals surface area contributed by atoms with Crippen molar-refractivity contribution in [1.29, 1.82) is 0 Å². The SMILES string of the molecule is C.CC1CC2O[C@@H]2C1.CC1CC2O[C@H]2C1.CC1CC=CC1.[2H]CC. The molecule has 0 N–H and O–H groups in total. The van der Waals surface area contributed by atoms with Gasteiger partial charge in [0.05, 0.1) is 24.4 Å². The molecule has 2 heterocycles. The van der Waals surface area contributed by atoms with E-state index >= 15 is 0 Å². The van der Waals surface area contributed by atoms with Crippen LogP contribution in [0.25, 0.3) is 0 Å². The van der Waals surface area contributed by atoms with Crippen LogP contribution >= 0.6 is 0 Å². The molecule has 2 saturated carbocycles. The second kappa shape index (κ2) is 9.84. The smallest absolute Gasteiger partial charge is 0.0844 e. The van der Waals surface area contributed by atoms with Gasteiger partial charge in [-0.05, 0) is 56.3 Å². The fourth-order valence-electron chi connectivity index (χ4n) is 3.72. The first-order valence-corrected chi connectivity index (χ1v) is 9.28. The summed E-state index contributed by atoms with van der Waals surface area (Å²) in [6, 6.07) is 0. The zero-order valence-electron chi connectivity index (χ0n) is 16.0. The fraction of sp³-hybridized carbons (Fsp3) is 0.905. The molecule has 2 nitrogen and oxygen atoms in total. The average Bonchev–Trinajstić information content (AvgIpc) is 3.20. The van der Waals surface area contributed by atoms with Crippen LogP contribution in [0.4, 0.5) is 0 Å². The van der Waals surface area contributed by atoms with Crippen molar-refractivity contribution < 1.29 is 10.8 Å². The highest BCUT2D eigenvalue weighted by atomic mass is 16.6. The molecule has 0 bridgehead atoms. The normalized spacial score (nSPS) is 41.5. The number of hydrogen-bond acceptors (Lipinski definition) is 2. The van der Waals surface area contributed by atoms with E-state index in [0.29, 0.717) is 31.3 Å². The zero-order valence-corrected chi connectivity index (χ0v) is 15.0. The molecule has 0 aromatic carbocycles. The second-order valence-corrected chi connectivity index (χ2v) is 7.63. The van der Waals surface area contributed by atoms with Crippen molar-refractivity contribution in [3.05, 3.63) is 12.2 Å². The Kier molecular flexibility index (Phi) is 8.12. The van der Waals surface area contributed by atoms with Crippen LogP contribution in [0, 0.1) is 17.8 Å². The van der Waals surface area contributed by atoms with E-state index in [9.17, 15) is 0 Å². The molecule has 3 aliphatic carbocycles. The number of allylic oxidation sites excluding steroid dienone is 2. The van der Waals surface area contributed by atoms with Crippen LogP contribution < -0.4 is 0 Å². The molecule has 0 aromatic heterocycles. The molecule has 2 aliphatic heterocycles. The van der Waals surface area contributed by atoms with Gasteiger partial charge in [0.25, 0.3) is 0 Å². The summed E-state index contributed by atoms with van der Waals surface area (Å²) in [5, 5.41) is 0. The summed E-state index contributed by atoms with van der Waals surface area (Å²) >= 11 is 0. The topological polar surface area (TPSA) is 25.1 Å². The van der Waals surface area contributed by atoms with Crippen LogP contribution in [0.3, 0.4) is 0 Å². The summed E-state index contributed by atoms with van der Waals surface area (Å²) in [7, 11) is 0. The van der Waals surface area contributed by atoms with Crippen molar-refractivity contribution in [2.45, 2.75) is 105 Å². The van der Waals surface area contributed by atoms with Gasteiger partial charge in [-0.25, -0.2) is 0 Å². The summed E-state index contributed by atoms with van der Waals surface area (Å²) < 4.78 is 16.7. The van der Waals surface area contributed by atoms with Crippen LogP contribution in [0.15, 0.2) is 12.2 Å². The van der Waals surface area contributed by atoms with Crippen molar-refractivity contribution >= 4 is 0 Å². The highest BCUT2D eigenvalue weighted by molar-refractivity contribution is 4.94. The van der Waals surface area contributed by atoms with E-state index in [4.69, 9.17) is 10.8 Å². The maximum Gasteiger partial charge on any atom is 0.0844 e. The molecule has 0 aromatic rings. The van der Waals surface area contributed by atoms with Crippen LogP contribution in [-0.4, -0.2) is 24.4 Å². The Morgan fingerprint density at radius 1 is 0.739 bits per heavy atom. The molecule has 0 radical (unpaired) electrons. The predicted molar refractivity (Wildman–Crippen MR) is 99.7 cm³/mol. The van der Waals surface area contributed by atoms with Crippen molar-refractivity contribution in [3.63, 3.8) is 0 Å². The highest BCUT2D eigenvalue weighted by Crippen LogP contribution is 2.42. The first-order chi connectivity index (χ1) is 11.0. The first kappa shape index (κ1) is 19.0. The number of ether oxygens (including phenoxy) is 2. The minimum Gasteiger partial charge on any atom is -0.370 e. The molecular formula is C21H40O2. The minimum absolute atomic E-state index is 0. The third-order valence-electron chi connectivity index (χ3n) is 5.16. The Bertz CT molecular complexity index is 319. The van der Waals surface area contributed by atoms with E-state index in [1.165, 1.54) is 38.5 Å². The Balaban J connectivity index is 0.000000164. The third-order valence-corrected chi connectivity index (χ3v) is 5.16. The van der Waals surface area contributed by atoms with Gasteiger partial charge >= 0.3 is 0 Å². The molecule has 2 saturated heterocycles. The molecular weight excluding hydrogens is 284 g/mol. The lowest BCUT2D eigenvalue weighted by Crippen LogP contribution is -1.90. The summed E-state index contributed by atoms with van der Waals surface area (Å²) in [5.41, 5.74) is 0. The van der Waals surface area contributed by atoms with Gasteiger partial charge in [-0.2, -0.15) is 0 Å². The zero-order chi connectivity index (χ0) is 16.8. The standard InChI is InChI=1S/2C6H10O.C6H10.C2H6.CH4/c2*1-4-2-5-6(3-4)7-5;1-6-4-2-3-5-6;1-2;/h2*4-6H,2-3H2,1H3;2-3,6H,4-5H2,1H3;1-2H3;1H4/t2*4?,5-,6?;;;/m10.../s1/i;;;1D;. The molecule has 0 amide bonds. The molecule has 2 heteroatoms. The van der Waals surface area contributed by atoms with E-state index in [1.54, 1.807) is 6.92 Å². The number of rotatable bonds is 0. The van der Waals surface area contributed by atoms with E-state index in [2.05, 4.69) is 32.9 Å². The quantitative estimate of drug-likeness (QED) is 0.403. The molecule has 0 spiro atoms. The fourth-order valence-corrected chi connectivity index (χ4v) is 3.72. The molecule has 4 fully saturated rings. The Hall–Kier alpha value is -0.340. The van der Waals surface area contributed by atoms with Crippen LogP contribution in [0.2, 0.25) is 0 Å². The number of hydrogen-bond donors (Lipinski definition) is 0. The third kappa shape index (κ3) is 6.97. The van der Waals surface area contributed by atoms with Gasteiger partial charge in [-0.1, -0.05) is 54.2 Å². The van der Waals surface area contributed by atoms with Crippen LogP contribution in [0.1, 0.15) is 81.9 Å². The predicted octanol–water partition coefficient (Wildman–Crippen LogP) is 6.00. The van der Waals surface area contributed by atoms with E-state index in [-0.39, 0.29) is 7.43 Å². The van der Waals surface area contributed by atoms with Gasteiger partial charge in [-0.3, -0.25) is 0 Å². The van der Waals surface area contributed by atoms with E-state index in [0.717, 1.165) is 17.8 Å². The van der Waals surface area contributed by atoms with Crippen LogP contribution in [-0.2, 0) is 9.47 Å². The summed E-state index contributed by atoms with van der Waals surface area (Å²) in [5.74, 6) is 2.83. The molecule has 136 valence electrons. The first-order valence-electron chi connectivity index (χ1n) is 9.99. The van der Waals surface area contributed by atoms with Gasteiger partial charge in [0.2, 0.25) is 0 Å². The molecule has 6 atom stereocenters. The largest absolute Gasteiger partial charge is 0.370 e. The monoisotopic (exact) mass is 325 g/mol. The molecule has 5 rings (SSSR count). The van der Waals surface area contributed by atoms with E-state index in [1.807, 2.05) is 0 Å². The minimum atomic E-state index is 0. The summed E-state index contributed by atoms with van der Waals surface area (Å²) in [6.45, 7) is 9.17. The maximum atomic E-state index is 6.21. The van der Waals surface area contributed by atoms with Crippen molar-refractivity contribution in [1.82, 2.24) is 0 Å². The molecule has 5 aliphatic rings. The second-order valence-electron chi connectivity index (χ2n) is 7.63. The van der Waals surface area contributed by atoms with Gasteiger partial charge in [0.1, 0.15) is 0 Å². The Labute approximate surface area is 146 Å². The highest BCUT2D eigenvalue weighted by Gasteiger charge is 2.46. The maximum absolute atomic E-state index is 6.21. The number of fused-ring (bicyclic) bond motifs is 2. The number of epoxide rings is 2. The Morgan fingerprint density at radius 2 is 1.04 bits per heavy atom. The molecule has 23 heavy (non-hydrogen) atoms. The van der Waals surface area contributed by atoms with Crippen molar-refractivity contribution in [3.8, 4) is 0 Å². The van der Waals surface area contributed by atoms with Gasteiger partial charge < -0.3 is 9.47 Å². The summed E-state index contributed by atoms with van der Waals surface area (Å²) in [6.07, 6.45) is 15.2. The van der Waals surface area contributed by atoms with Gasteiger partial charge in [-0.15, -0.1) is 0 Å². The average molecular weight is 326 g/mol. The Morgan fingerprint density at radius 3 is 1.17 bits per heavy atom. The lowest BCUT2D eigenvalue weighted by molar-refractivity contribution is 0.283. The lowest BCUT2D eigenvalue weighted by Gasteiger charge is -1.98. The van der Waals surface area contributed by atoms with Gasteiger partial charge in [0.15, 0.2) is 0 Å².